The van der Waals surface area contributed by atoms with Crippen LogP contribution in [-0.4, -0.2) is 47.7 Å². The molecule has 7 nitrogen and oxygen atoms in total. The molecule has 0 spiro atoms. The van der Waals surface area contributed by atoms with E-state index in [4.69, 9.17) is 9.47 Å². The maximum Gasteiger partial charge on any atom is 0.241 e. The second-order valence-corrected chi connectivity index (χ2v) is 6.47. The summed E-state index contributed by atoms with van der Waals surface area (Å²) in [6, 6.07) is 3.62. The minimum atomic E-state index is -3.78. The lowest BCUT2D eigenvalue weighted by molar-refractivity contribution is -0.122. The molecule has 0 aromatic heterocycles. The topological polar surface area (TPSA) is 93.7 Å². The van der Waals surface area contributed by atoms with Gasteiger partial charge in [-0.15, -0.1) is 0 Å². The maximum atomic E-state index is 12.3. The molecule has 0 aliphatic rings. The molecule has 1 aromatic carbocycles. The largest absolute Gasteiger partial charge is 0.496 e. The molecule has 8 heteroatoms. The molecule has 0 aliphatic heterocycles. The van der Waals surface area contributed by atoms with E-state index in [2.05, 4.69) is 10.0 Å². The highest BCUT2D eigenvalue weighted by Gasteiger charge is 2.22. The first-order chi connectivity index (χ1) is 10.3. The van der Waals surface area contributed by atoms with Gasteiger partial charge in [0.15, 0.2) is 0 Å². The lowest BCUT2D eigenvalue weighted by Gasteiger charge is -2.15. The van der Waals surface area contributed by atoms with Crippen molar-refractivity contribution in [3.05, 3.63) is 23.8 Å². The number of nitrogens with one attached hydrogen (secondary N) is 2. The SMILES string of the molecule is COCCNC(=O)[C@H](C)NS(=O)(=O)c1ccc(OC)c(C)c1. The zero-order chi connectivity index (χ0) is 16.8. The first-order valence-corrected chi connectivity index (χ1v) is 8.23. The number of hydrogen-bond acceptors (Lipinski definition) is 5. The van der Waals surface area contributed by atoms with Crippen LogP contribution < -0.4 is 14.8 Å². The highest BCUT2D eigenvalue weighted by atomic mass is 32.2. The second-order valence-electron chi connectivity index (χ2n) is 4.76. The Balaban J connectivity index is 2.78. The monoisotopic (exact) mass is 330 g/mol. The van der Waals surface area contributed by atoms with Crippen LogP contribution in [0.5, 0.6) is 5.75 Å². The molecule has 0 saturated heterocycles. The summed E-state index contributed by atoms with van der Waals surface area (Å²) < 4.78 is 36.8. The molecule has 1 aromatic rings. The summed E-state index contributed by atoms with van der Waals surface area (Å²) in [7, 11) is -0.747. The van der Waals surface area contributed by atoms with Crippen LogP contribution in [0, 0.1) is 6.92 Å². The number of rotatable bonds is 8. The van der Waals surface area contributed by atoms with Gasteiger partial charge in [-0.05, 0) is 37.6 Å². The first kappa shape index (κ1) is 18.4. The molecule has 0 unspecified atom stereocenters. The van der Waals surface area contributed by atoms with Crippen molar-refractivity contribution in [3.8, 4) is 5.75 Å². The summed E-state index contributed by atoms with van der Waals surface area (Å²) in [5.74, 6) is 0.190. The van der Waals surface area contributed by atoms with Gasteiger partial charge in [-0.1, -0.05) is 0 Å². The van der Waals surface area contributed by atoms with Crippen molar-refractivity contribution in [2.24, 2.45) is 0 Å². The molecule has 0 bridgehead atoms. The van der Waals surface area contributed by atoms with E-state index in [1.54, 1.807) is 13.0 Å². The van der Waals surface area contributed by atoms with Crippen LogP contribution in [0.15, 0.2) is 23.1 Å². The first-order valence-electron chi connectivity index (χ1n) is 6.75. The van der Waals surface area contributed by atoms with Gasteiger partial charge >= 0.3 is 0 Å². The number of benzene rings is 1. The minimum absolute atomic E-state index is 0.0855. The van der Waals surface area contributed by atoms with Crippen LogP contribution >= 0.6 is 0 Å². The Labute approximate surface area is 131 Å². The molecule has 0 radical (unpaired) electrons. The molecule has 0 aliphatic carbocycles. The summed E-state index contributed by atoms with van der Waals surface area (Å²) in [5, 5.41) is 2.58. The molecule has 1 rings (SSSR count). The number of aryl methyl sites for hydroxylation is 1. The van der Waals surface area contributed by atoms with E-state index < -0.39 is 22.0 Å². The fourth-order valence-corrected chi connectivity index (χ4v) is 3.09. The van der Waals surface area contributed by atoms with Crippen LogP contribution in [0.25, 0.3) is 0 Å². The van der Waals surface area contributed by atoms with Crippen LogP contribution in [0.4, 0.5) is 0 Å². The third-order valence-electron chi connectivity index (χ3n) is 3.01. The van der Waals surface area contributed by atoms with Gasteiger partial charge in [0.2, 0.25) is 15.9 Å². The van der Waals surface area contributed by atoms with Crippen LogP contribution in [0.2, 0.25) is 0 Å². The Kier molecular flexibility index (Phi) is 6.79. The molecule has 2 N–H and O–H groups in total. The van der Waals surface area contributed by atoms with Crippen molar-refractivity contribution in [2.45, 2.75) is 24.8 Å². The van der Waals surface area contributed by atoms with Gasteiger partial charge in [0.05, 0.1) is 24.7 Å². The van der Waals surface area contributed by atoms with Crippen LogP contribution in [0.1, 0.15) is 12.5 Å². The summed E-state index contributed by atoms with van der Waals surface area (Å²) in [4.78, 5) is 11.9. The lowest BCUT2D eigenvalue weighted by atomic mass is 10.2. The lowest BCUT2D eigenvalue weighted by Crippen LogP contribution is -2.45. The van der Waals surface area contributed by atoms with Crippen molar-refractivity contribution >= 4 is 15.9 Å². The number of methoxy groups -OCH3 is 2. The smallest absolute Gasteiger partial charge is 0.241 e. The van der Waals surface area contributed by atoms with E-state index in [1.165, 1.54) is 33.3 Å². The van der Waals surface area contributed by atoms with Gasteiger partial charge in [0.25, 0.3) is 0 Å². The third kappa shape index (κ3) is 4.97. The summed E-state index contributed by atoms with van der Waals surface area (Å²) in [6.07, 6.45) is 0. The standard InChI is InChI=1S/C14H22N2O5S/c1-10-9-12(5-6-13(10)21-4)22(18,19)16-11(2)14(17)15-7-8-20-3/h5-6,9,11,16H,7-8H2,1-4H3,(H,15,17)/t11-/m0/s1. The normalized spacial score (nSPS) is 12.7. The van der Waals surface area contributed by atoms with E-state index in [-0.39, 0.29) is 4.90 Å². The predicted molar refractivity (Wildman–Crippen MR) is 82.4 cm³/mol. The summed E-state index contributed by atoms with van der Waals surface area (Å²) in [5.41, 5.74) is 0.697. The Morgan fingerprint density at radius 1 is 1.32 bits per heavy atom. The van der Waals surface area contributed by atoms with E-state index in [0.717, 1.165) is 0 Å². The van der Waals surface area contributed by atoms with Crippen LogP contribution in [0.3, 0.4) is 0 Å². The van der Waals surface area contributed by atoms with Gasteiger partial charge in [-0.2, -0.15) is 4.72 Å². The second kappa shape index (κ2) is 8.11. The van der Waals surface area contributed by atoms with E-state index in [0.29, 0.717) is 24.5 Å². The number of hydrogen-bond donors (Lipinski definition) is 2. The fourth-order valence-electron chi connectivity index (χ4n) is 1.80. The van der Waals surface area contributed by atoms with E-state index in [1.807, 2.05) is 0 Å². The Bertz CT molecular complexity index is 616. The highest BCUT2D eigenvalue weighted by molar-refractivity contribution is 7.89. The molecule has 0 fully saturated rings. The molecule has 1 amide bonds. The third-order valence-corrected chi connectivity index (χ3v) is 4.55. The van der Waals surface area contributed by atoms with Crippen molar-refractivity contribution in [1.29, 1.82) is 0 Å². The Hall–Kier alpha value is -1.64. The summed E-state index contributed by atoms with van der Waals surface area (Å²) >= 11 is 0. The van der Waals surface area contributed by atoms with Crippen molar-refractivity contribution < 1.29 is 22.7 Å². The van der Waals surface area contributed by atoms with Gasteiger partial charge < -0.3 is 14.8 Å². The maximum absolute atomic E-state index is 12.3. The summed E-state index contributed by atoms with van der Waals surface area (Å²) in [6.45, 7) is 3.92. The fraction of sp³-hybridized carbons (Fsp3) is 0.500. The quantitative estimate of drug-likeness (QED) is 0.674. The van der Waals surface area contributed by atoms with Gasteiger partial charge in [0.1, 0.15) is 5.75 Å². The average Bonchev–Trinajstić information content (AvgIpc) is 2.46. The van der Waals surface area contributed by atoms with Crippen molar-refractivity contribution in [2.75, 3.05) is 27.4 Å². The van der Waals surface area contributed by atoms with E-state index in [9.17, 15) is 13.2 Å². The molecule has 0 saturated carbocycles. The highest BCUT2D eigenvalue weighted by Crippen LogP contribution is 2.21. The molecule has 22 heavy (non-hydrogen) atoms. The molecular formula is C14H22N2O5S. The molecule has 1 atom stereocenters. The van der Waals surface area contributed by atoms with Gasteiger partial charge in [-0.25, -0.2) is 8.42 Å². The Morgan fingerprint density at radius 3 is 2.55 bits per heavy atom. The van der Waals surface area contributed by atoms with Crippen molar-refractivity contribution in [3.63, 3.8) is 0 Å². The zero-order valence-corrected chi connectivity index (χ0v) is 14.0. The number of carbonyl (C=O) groups is 1. The minimum Gasteiger partial charge on any atom is -0.496 e. The van der Waals surface area contributed by atoms with E-state index >= 15 is 0 Å². The van der Waals surface area contributed by atoms with Gasteiger partial charge in [0, 0.05) is 13.7 Å². The van der Waals surface area contributed by atoms with Crippen molar-refractivity contribution in [1.82, 2.24) is 10.0 Å². The molecule has 0 heterocycles. The number of amides is 1. The zero-order valence-electron chi connectivity index (χ0n) is 13.2. The van der Waals surface area contributed by atoms with Crippen LogP contribution in [-0.2, 0) is 19.6 Å². The molecular weight excluding hydrogens is 308 g/mol. The number of ether oxygens (including phenoxy) is 2. The number of carbonyl (C=O) groups excluding carboxylic acids is 1. The number of sulfonamides is 1. The average molecular weight is 330 g/mol. The Morgan fingerprint density at radius 2 is 2.00 bits per heavy atom. The molecule has 124 valence electrons. The predicted octanol–water partition coefficient (Wildman–Crippen LogP) is 0.433. The van der Waals surface area contributed by atoms with Gasteiger partial charge in [-0.3, -0.25) is 4.79 Å².